The molecule has 1 heterocycles. The maximum absolute atomic E-state index is 12.3. The topological polar surface area (TPSA) is 119 Å². The van der Waals surface area contributed by atoms with Gasteiger partial charge in [0.25, 0.3) is 5.95 Å². The van der Waals surface area contributed by atoms with Crippen molar-refractivity contribution in [1.29, 1.82) is 0 Å². The first-order valence-electron chi connectivity index (χ1n) is 9.39. The van der Waals surface area contributed by atoms with Crippen molar-refractivity contribution in [1.82, 2.24) is 14.9 Å². The molecule has 0 saturated carbocycles. The smallest absolute Gasteiger partial charge is 0.264 e. The molecule has 0 bridgehead atoms. The molecule has 0 aliphatic rings. The van der Waals surface area contributed by atoms with Gasteiger partial charge in [-0.2, -0.15) is 5.10 Å². The van der Waals surface area contributed by atoms with Crippen molar-refractivity contribution in [2.75, 3.05) is 28.9 Å². The van der Waals surface area contributed by atoms with Crippen molar-refractivity contribution >= 4 is 50.9 Å². The van der Waals surface area contributed by atoms with Crippen LogP contribution in [0, 0.1) is 0 Å². The molecule has 0 radical (unpaired) electrons. The summed E-state index contributed by atoms with van der Waals surface area (Å²) < 4.78 is 7.76. The molecule has 11 heteroatoms. The number of hydrogen-bond donors (Lipinski definition) is 3. The highest BCUT2D eigenvalue weighted by Crippen LogP contribution is 2.24. The normalized spacial score (nSPS) is 11.3. The van der Waals surface area contributed by atoms with Gasteiger partial charge < -0.3 is 15.9 Å². The van der Waals surface area contributed by atoms with E-state index >= 15 is 0 Å². The molecule has 0 aliphatic heterocycles. The lowest BCUT2D eigenvalue weighted by atomic mass is 10.1. The standard InChI is InChI=1S/C20H22BrN7O2S/c1-3-30-17-7-5-4-6-16(17)23-18(29)12-31-20-27-26-19(28(20)22)25-24-13(2)14-8-10-15(21)11-9-14/h4-11H,3,12,22H2,1-2H3,(H,23,29)(H,25,26)/b24-13+. The third-order valence-corrected chi connectivity index (χ3v) is 5.52. The molecule has 0 aliphatic carbocycles. The molecular formula is C20H22BrN7O2S. The van der Waals surface area contributed by atoms with Crippen molar-refractivity contribution in [2.45, 2.75) is 19.0 Å². The third kappa shape index (κ3) is 6.22. The summed E-state index contributed by atoms with van der Waals surface area (Å²) in [5, 5.41) is 15.5. The Kier molecular flexibility index (Phi) is 7.90. The number of nitrogens with one attached hydrogen (secondary N) is 2. The first-order valence-corrected chi connectivity index (χ1v) is 11.2. The second kappa shape index (κ2) is 10.8. The van der Waals surface area contributed by atoms with Crippen molar-refractivity contribution in [3.63, 3.8) is 0 Å². The van der Waals surface area contributed by atoms with Crippen LogP contribution in [0.25, 0.3) is 0 Å². The van der Waals surface area contributed by atoms with Crippen molar-refractivity contribution < 1.29 is 9.53 Å². The van der Waals surface area contributed by atoms with Gasteiger partial charge in [-0.3, -0.25) is 4.79 Å². The predicted molar refractivity (Wildman–Crippen MR) is 127 cm³/mol. The molecule has 1 amide bonds. The van der Waals surface area contributed by atoms with E-state index < -0.39 is 0 Å². The molecular weight excluding hydrogens is 482 g/mol. The van der Waals surface area contributed by atoms with Gasteiger partial charge in [0.2, 0.25) is 11.1 Å². The molecule has 0 spiro atoms. The maximum Gasteiger partial charge on any atom is 0.264 e. The summed E-state index contributed by atoms with van der Waals surface area (Å²) in [6.45, 7) is 4.27. The predicted octanol–water partition coefficient (Wildman–Crippen LogP) is 3.72. The number of hydrazone groups is 1. The summed E-state index contributed by atoms with van der Waals surface area (Å²) in [7, 11) is 0. The second-order valence-electron chi connectivity index (χ2n) is 6.26. The number of amides is 1. The lowest BCUT2D eigenvalue weighted by Gasteiger charge is -2.10. The largest absolute Gasteiger partial charge is 0.492 e. The van der Waals surface area contributed by atoms with Gasteiger partial charge in [0.15, 0.2) is 0 Å². The number of thioether (sulfide) groups is 1. The van der Waals surface area contributed by atoms with Crippen LogP contribution >= 0.6 is 27.7 Å². The third-order valence-electron chi connectivity index (χ3n) is 4.04. The minimum absolute atomic E-state index is 0.108. The Balaban J connectivity index is 1.57. The van der Waals surface area contributed by atoms with Gasteiger partial charge in [0, 0.05) is 4.47 Å². The van der Waals surface area contributed by atoms with Gasteiger partial charge in [-0.15, -0.1) is 10.2 Å². The summed E-state index contributed by atoms with van der Waals surface area (Å²) in [4.78, 5) is 12.3. The molecule has 1 aromatic heterocycles. The van der Waals surface area contributed by atoms with Crippen LogP contribution in [0.3, 0.4) is 0 Å². The molecule has 3 rings (SSSR count). The Morgan fingerprint density at radius 3 is 2.71 bits per heavy atom. The number of nitrogen functional groups attached to an aromatic ring is 1. The molecule has 2 aromatic carbocycles. The zero-order valence-corrected chi connectivity index (χ0v) is 19.4. The number of aromatic nitrogens is 3. The fraction of sp³-hybridized carbons (Fsp3) is 0.200. The van der Waals surface area contributed by atoms with Gasteiger partial charge in [-0.05, 0) is 43.7 Å². The monoisotopic (exact) mass is 503 g/mol. The van der Waals surface area contributed by atoms with E-state index in [9.17, 15) is 4.79 Å². The molecule has 9 nitrogen and oxygen atoms in total. The minimum Gasteiger partial charge on any atom is -0.492 e. The minimum atomic E-state index is -0.209. The maximum atomic E-state index is 12.3. The highest BCUT2D eigenvalue weighted by Gasteiger charge is 2.13. The molecule has 0 atom stereocenters. The Hall–Kier alpha value is -3.05. The SMILES string of the molecule is CCOc1ccccc1NC(=O)CSc1nnc(N/N=C(\C)c2ccc(Br)cc2)n1N. The highest BCUT2D eigenvalue weighted by atomic mass is 79.9. The average Bonchev–Trinajstić information content (AvgIpc) is 3.12. The zero-order valence-electron chi connectivity index (χ0n) is 17.0. The quantitative estimate of drug-likeness (QED) is 0.176. The number of nitrogens with two attached hydrogens (primary N) is 1. The number of hydrogen-bond acceptors (Lipinski definition) is 8. The fourth-order valence-corrected chi connectivity index (χ4v) is 3.43. The number of benzene rings is 2. The van der Waals surface area contributed by atoms with E-state index in [0.29, 0.717) is 23.2 Å². The number of carbonyl (C=O) groups is 1. The Bertz CT molecular complexity index is 1070. The molecule has 0 unspecified atom stereocenters. The summed E-state index contributed by atoms with van der Waals surface area (Å²) in [5.41, 5.74) is 5.14. The lowest BCUT2D eigenvalue weighted by molar-refractivity contribution is -0.113. The van der Waals surface area contributed by atoms with Crippen LogP contribution < -0.4 is 21.3 Å². The van der Waals surface area contributed by atoms with Crippen LogP contribution in [-0.2, 0) is 4.79 Å². The first-order chi connectivity index (χ1) is 15.0. The van der Waals surface area contributed by atoms with Gasteiger partial charge in [-0.25, -0.2) is 10.1 Å². The highest BCUT2D eigenvalue weighted by molar-refractivity contribution is 9.10. The number of halogens is 1. The molecule has 4 N–H and O–H groups in total. The van der Waals surface area contributed by atoms with E-state index in [4.69, 9.17) is 10.6 Å². The van der Waals surface area contributed by atoms with E-state index in [1.54, 1.807) is 12.1 Å². The van der Waals surface area contributed by atoms with Crippen molar-refractivity contribution in [3.8, 4) is 5.75 Å². The van der Waals surface area contributed by atoms with E-state index in [0.717, 1.165) is 27.5 Å². The van der Waals surface area contributed by atoms with Crippen LogP contribution in [0.1, 0.15) is 19.4 Å². The Morgan fingerprint density at radius 2 is 1.97 bits per heavy atom. The number of rotatable bonds is 9. The van der Waals surface area contributed by atoms with Crippen molar-refractivity contribution in [2.24, 2.45) is 5.10 Å². The average molecular weight is 504 g/mol. The van der Waals surface area contributed by atoms with E-state index in [1.165, 1.54) is 4.68 Å². The molecule has 31 heavy (non-hydrogen) atoms. The van der Waals surface area contributed by atoms with Gasteiger partial charge in [0.1, 0.15) is 5.75 Å². The van der Waals surface area contributed by atoms with E-state index in [1.807, 2.05) is 50.2 Å². The number of carbonyl (C=O) groups excluding carboxylic acids is 1. The van der Waals surface area contributed by atoms with E-state index in [-0.39, 0.29) is 17.6 Å². The molecule has 3 aromatic rings. The van der Waals surface area contributed by atoms with Crippen LogP contribution in [0.5, 0.6) is 5.75 Å². The number of anilines is 2. The number of ether oxygens (including phenoxy) is 1. The van der Waals surface area contributed by atoms with Crippen LogP contribution in [0.2, 0.25) is 0 Å². The van der Waals surface area contributed by atoms with Gasteiger partial charge in [-0.1, -0.05) is 52.0 Å². The Labute approximate surface area is 192 Å². The van der Waals surface area contributed by atoms with E-state index in [2.05, 4.69) is 42.0 Å². The number of para-hydroxylation sites is 2. The molecule has 0 fully saturated rings. The fourth-order valence-electron chi connectivity index (χ4n) is 2.51. The number of nitrogens with zero attached hydrogens (tertiary/aromatic N) is 4. The summed E-state index contributed by atoms with van der Waals surface area (Å²) in [6, 6.07) is 15.0. The van der Waals surface area contributed by atoms with Crippen LogP contribution in [0.15, 0.2) is 63.3 Å². The summed E-state index contributed by atoms with van der Waals surface area (Å²) in [6.07, 6.45) is 0. The zero-order chi connectivity index (χ0) is 22.2. The Morgan fingerprint density at radius 1 is 1.23 bits per heavy atom. The van der Waals surface area contributed by atoms with Gasteiger partial charge in [0.05, 0.1) is 23.8 Å². The second-order valence-corrected chi connectivity index (χ2v) is 8.12. The summed E-state index contributed by atoms with van der Waals surface area (Å²) in [5.74, 6) is 6.82. The van der Waals surface area contributed by atoms with Gasteiger partial charge >= 0.3 is 0 Å². The lowest BCUT2D eigenvalue weighted by Crippen LogP contribution is -2.17. The molecule has 162 valence electrons. The van der Waals surface area contributed by atoms with Crippen LogP contribution in [-0.4, -0.2) is 38.9 Å². The first kappa shape index (κ1) is 22.6. The molecule has 0 saturated heterocycles. The van der Waals surface area contributed by atoms with Crippen molar-refractivity contribution in [3.05, 3.63) is 58.6 Å². The van der Waals surface area contributed by atoms with Crippen LogP contribution in [0.4, 0.5) is 11.6 Å². The summed E-state index contributed by atoms with van der Waals surface area (Å²) >= 11 is 4.57.